The normalized spacial score (nSPS) is 10.2. The molecule has 0 atom stereocenters. The number of benzene rings is 1. The van der Waals surface area contributed by atoms with Crippen molar-refractivity contribution in [3.8, 4) is 5.75 Å². The van der Waals surface area contributed by atoms with Crippen molar-refractivity contribution in [2.45, 2.75) is 13.5 Å². The standard InChI is InChI=1S/C12H15N5O2/c1-10-4-2-3-5-11(10)19-7-6-13-12(18)8-17-9-14-15-16-17/h2-5,9H,6-8H2,1H3,(H,13,18). The summed E-state index contributed by atoms with van der Waals surface area (Å²) in [5.74, 6) is 0.679. The van der Waals surface area contributed by atoms with E-state index < -0.39 is 0 Å². The molecule has 1 aromatic heterocycles. The van der Waals surface area contributed by atoms with Crippen LogP contribution in [0.3, 0.4) is 0 Å². The number of nitrogens with one attached hydrogen (secondary N) is 1. The molecule has 1 N–H and O–H groups in total. The quantitative estimate of drug-likeness (QED) is 0.750. The fourth-order valence-electron chi connectivity index (χ4n) is 1.53. The lowest BCUT2D eigenvalue weighted by Crippen LogP contribution is -2.31. The average Bonchev–Trinajstić information content (AvgIpc) is 2.89. The molecule has 2 rings (SSSR count). The van der Waals surface area contributed by atoms with Gasteiger partial charge in [-0.05, 0) is 29.0 Å². The van der Waals surface area contributed by atoms with Crippen LogP contribution in [0.5, 0.6) is 5.75 Å². The summed E-state index contributed by atoms with van der Waals surface area (Å²) >= 11 is 0. The van der Waals surface area contributed by atoms with Crippen LogP contribution in [0.15, 0.2) is 30.6 Å². The molecule has 0 aliphatic heterocycles. The van der Waals surface area contributed by atoms with E-state index in [9.17, 15) is 4.79 Å². The van der Waals surface area contributed by atoms with Crippen molar-refractivity contribution >= 4 is 5.91 Å². The zero-order valence-corrected chi connectivity index (χ0v) is 10.6. The summed E-state index contributed by atoms with van der Waals surface area (Å²) < 4.78 is 6.92. The number of hydrogen-bond acceptors (Lipinski definition) is 5. The summed E-state index contributed by atoms with van der Waals surface area (Å²) in [5.41, 5.74) is 1.07. The van der Waals surface area contributed by atoms with Crippen molar-refractivity contribution in [3.05, 3.63) is 36.2 Å². The second-order valence-corrected chi connectivity index (χ2v) is 3.97. The van der Waals surface area contributed by atoms with Gasteiger partial charge in [0.05, 0.1) is 6.54 Å². The lowest BCUT2D eigenvalue weighted by molar-refractivity contribution is -0.121. The molecule has 19 heavy (non-hydrogen) atoms. The number of tetrazole rings is 1. The largest absolute Gasteiger partial charge is 0.491 e. The van der Waals surface area contributed by atoms with Crippen LogP contribution in [-0.2, 0) is 11.3 Å². The van der Waals surface area contributed by atoms with Crippen LogP contribution in [0, 0.1) is 6.92 Å². The molecule has 0 spiro atoms. The molecule has 1 heterocycles. The Kier molecular flexibility index (Phi) is 4.44. The van der Waals surface area contributed by atoms with Gasteiger partial charge in [0.1, 0.15) is 25.2 Å². The maximum atomic E-state index is 11.5. The minimum absolute atomic E-state index is 0.108. The molecule has 0 aliphatic carbocycles. The van der Waals surface area contributed by atoms with Gasteiger partial charge in [-0.2, -0.15) is 0 Å². The SMILES string of the molecule is Cc1ccccc1OCCNC(=O)Cn1cnnn1. The van der Waals surface area contributed by atoms with Gasteiger partial charge in [-0.1, -0.05) is 18.2 Å². The molecule has 0 radical (unpaired) electrons. The Bertz CT molecular complexity index is 527. The molecule has 0 aliphatic rings. The van der Waals surface area contributed by atoms with Crippen molar-refractivity contribution in [3.63, 3.8) is 0 Å². The molecule has 2 aromatic rings. The van der Waals surface area contributed by atoms with Crippen molar-refractivity contribution in [1.29, 1.82) is 0 Å². The van der Waals surface area contributed by atoms with Crippen LogP contribution in [-0.4, -0.2) is 39.3 Å². The number of amides is 1. The van der Waals surface area contributed by atoms with Gasteiger partial charge in [0.2, 0.25) is 5.91 Å². The van der Waals surface area contributed by atoms with E-state index in [-0.39, 0.29) is 12.5 Å². The first-order chi connectivity index (χ1) is 9.25. The van der Waals surface area contributed by atoms with Crippen molar-refractivity contribution in [1.82, 2.24) is 25.5 Å². The van der Waals surface area contributed by atoms with E-state index in [0.717, 1.165) is 11.3 Å². The number of aryl methyl sites for hydroxylation is 1. The zero-order chi connectivity index (χ0) is 13.5. The molecule has 0 unspecified atom stereocenters. The average molecular weight is 261 g/mol. The fourth-order valence-corrected chi connectivity index (χ4v) is 1.53. The molecule has 7 heteroatoms. The lowest BCUT2D eigenvalue weighted by Gasteiger charge is -2.09. The lowest BCUT2D eigenvalue weighted by atomic mass is 10.2. The topological polar surface area (TPSA) is 81.9 Å². The van der Waals surface area contributed by atoms with E-state index >= 15 is 0 Å². The number of carbonyl (C=O) groups excluding carboxylic acids is 1. The van der Waals surface area contributed by atoms with Crippen LogP contribution in [0.25, 0.3) is 0 Å². The molecular formula is C12H15N5O2. The molecule has 0 bridgehead atoms. The third-order valence-corrected chi connectivity index (χ3v) is 2.47. The number of para-hydroxylation sites is 1. The van der Waals surface area contributed by atoms with E-state index in [0.29, 0.717) is 13.2 Å². The molecule has 7 nitrogen and oxygen atoms in total. The highest BCUT2D eigenvalue weighted by Gasteiger charge is 2.03. The second-order valence-electron chi connectivity index (χ2n) is 3.97. The summed E-state index contributed by atoms with van der Waals surface area (Å²) in [6.07, 6.45) is 1.39. The van der Waals surface area contributed by atoms with E-state index in [1.807, 2.05) is 31.2 Å². The Labute approximate surface area is 110 Å². The van der Waals surface area contributed by atoms with Gasteiger partial charge >= 0.3 is 0 Å². The van der Waals surface area contributed by atoms with Gasteiger partial charge in [-0.25, -0.2) is 4.68 Å². The molecule has 0 saturated carbocycles. The first-order valence-electron chi connectivity index (χ1n) is 5.91. The Morgan fingerprint density at radius 1 is 1.42 bits per heavy atom. The monoisotopic (exact) mass is 261 g/mol. The highest BCUT2D eigenvalue weighted by atomic mass is 16.5. The maximum absolute atomic E-state index is 11.5. The summed E-state index contributed by atoms with van der Waals surface area (Å²) in [6, 6.07) is 7.75. The summed E-state index contributed by atoms with van der Waals surface area (Å²) in [4.78, 5) is 11.5. The number of ether oxygens (including phenoxy) is 1. The first-order valence-corrected chi connectivity index (χ1v) is 5.91. The minimum atomic E-state index is -0.152. The number of nitrogens with zero attached hydrogens (tertiary/aromatic N) is 4. The van der Waals surface area contributed by atoms with Crippen molar-refractivity contribution in [2.75, 3.05) is 13.2 Å². The molecule has 0 fully saturated rings. The smallest absolute Gasteiger partial charge is 0.241 e. The maximum Gasteiger partial charge on any atom is 0.241 e. The molecule has 100 valence electrons. The molecule has 1 amide bonds. The first kappa shape index (κ1) is 13.0. The zero-order valence-electron chi connectivity index (χ0n) is 10.6. The van der Waals surface area contributed by atoms with E-state index in [4.69, 9.17) is 4.74 Å². The van der Waals surface area contributed by atoms with Gasteiger partial charge in [0.15, 0.2) is 0 Å². The minimum Gasteiger partial charge on any atom is -0.491 e. The Hall–Kier alpha value is -2.44. The van der Waals surface area contributed by atoms with Crippen LogP contribution in [0.4, 0.5) is 0 Å². The second kappa shape index (κ2) is 6.48. The van der Waals surface area contributed by atoms with Crippen LogP contribution < -0.4 is 10.1 Å². The fraction of sp³-hybridized carbons (Fsp3) is 0.333. The summed E-state index contributed by atoms with van der Waals surface area (Å²) in [7, 11) is 0. The molecular weight excluding hydrogens is 246 g/mol. The van der Waals surface area contributed by atoms with Gasteiger partial charge in [0.25, 0.3) is 0 Å². The number of rotatable bonds is 6. The Morgan fingerprint density at radius 3 is 3.00 bits per heavy atom. The molecule has 1 aromatic carbocycles. The van der Waals surface area contributed by atoms with Crippen molar-refractivity contribution in [2.24, 2.45) is 0 Å². The third-order valence-electron chi connectivity index (χ3n) is 2.47. The third kappa shape index (κ3) is 4.06. The Morgan fingerprint density at radius 2 is 2.26 bits per heavy atom. The van der Waals surface area contributed by atoms with Crippen LogP contribution in [0.1, 0.15) is 5.56 Å². The van der Waals surface area contributed by atoms with Gasteiger partial charge < -0.3 is 10.1 Å². The van der Waals surface area contributed by atoms with Gasteiger partial charge in [-0.3, -0.25) is 4.79 Å². The van der Waals surface area contributed by atoms with Crippen LogP contribution >= 0.6 is 0 Å². The van der Waals surface area contributed by atoms with Crippen LogP contribution in [0.2, 0.25) is 0 Å². The van der Waals surface area contributed by atoms with E-state index in [1.54, 1.807) is 0 Å². The highest BCUT2D eigenvalue weighted by Crippen LogP contribution is 2.15. The number of carbonyl (C=O) groups is 1. The van der Waals surface area contributed by atoms with Crippen molar-refractivity contribution < 1.29 is 9.53 Å². The van der Waals surface area contributed by atoms with Gasteiger partial charge in [0, 0.05) is 0 Å². The number of aromatic nitrogens is 4. The molecule has 0 saturated heterocycles. The summed E-state index contributed by atoms with van der Waals surface area (Å²) in [5, 5.41) is 13.2. The number of hydrogen-bond donors (Lipinski definition) is 1. The van der Waals surface area contributed by atoms with E-state index in [2.05, 4.69) is 20.8 Å². The summed E-state index contributed by atoms with van der Waals surface area (Å²) in [6.45, 7) is 2.95. The van der Waals surface area contributed by atoms with Gasteiger partial charge in [-0.15, -0.1) is 5.10 Å². The predicted molar refractivity (Wildman–Crippen MR) is 67.5 cm³/mol. The highest BCUT2D eigenvalue weighted by molar-refractivity contribution is 5.75. The van der Waals surface area contributed by atoms with E-state index in [1.165, 1.54) is 11.0 Å². The Balaban J connectivity index is 1.67. The predicted octanol–water partition coefficient (Wildman–Crippen LogP) is 0.177.